The van der Waals surface area contributed by atoms with Gasteiger partial charge in [-0.3, -0.25) is 5.10 Å². The largest absolute Gasteiger partial charge is 0.460 e. The summed E-state index contributed by atoms with van der Waals surface area (Å²) in [5.41, 5.74) is 2.08. The van der Waals surface area contributed by atoms with Gasteiger partial charge in [-0.25, -0.2) is 0 Å². The van der Waals surface area contributed by atoms with Crippen molar-refractivity contribution in [2.24, 2.45) is 0 Å². The number of aromatic amines is 1. The van der Waals surface area contributed by atoms with E-state index in [0.717, 1.165) is 35.7 Å². The van der Waals surface area contributed by atoms with Crippen molar-refractivity contribution < 1.29 is 9.15 Å². The van der Waals surface area contributed by atoms with Crippen molar-refractivity contribution >= 4 is 0 Å². The van der Waals surface area contributed by atoms with Gasteiger partial charge in [0.1, 0.15) is 11.5 Å². The molecule has 20 heavy (non-hydrogen) atoms. The molecule has 1 saturated carbocycles. The second kappa shape index (κ2) is 5.81. The van der Waals surface area contributed by atoms with Crippen LogP contribution in [0.4, 0.5) is 0 Å². The third kappa shape index (κ3) is 2.64. The van der Waals surface area contributed by atoms with E-state index < -0.39 is 0 Å². The molecular formula is C15H21N3O2. The van der Waals surface area contributed by atoms with Gasteiger partial charge in [-0.15, -0.1) is 0 Å². The lowest BCUT2D eigenvalue weighted by Gasteiger charge is -2.19. The second-order valence-electron chi connectivity index (χ2n) is 5.37. The molecule has 0 amide bonds. The fourth-order valence-electron chi connectivity index (χ4n) is 2.91. The fraction of sp³-hybridized carbons (Fsp3) is 0.533. The van der Waals surface area contributed by atoms with Gasteiger partial charge in [-0.2, -0.15) is 5.10 Å². The molecule has 0 spiro atoms. The van der Waals surface area contributed by atoms with Crippen molar-refractivity contribution in [1.29, 1.82) is 0 Å². The number of ether oxygens (including phenoxy) is 1. The van der Waals surface area contributed by atoms with Crippen LogP contribution >= 0.6 is 0 Å². The summed E-state index contributed by atoms with van der Waals surface area (Å²) in [5.74, 6) is 1.75. The first-order valence-corrected chi connectivity index (χ1v) is 7.13. The van der Waals surface area contributed by atoms with Gasteiger partial charge >= 0.3 is 0 Å². The summed E-state index contributed by atoms with van der Waals surface area (Å²) in [6.45, 7) is 2.72. The maximum absolute atomic E-state index is 5.66. The number of aryl methyl sites for hydroxylation is 1. The van der Waals surface area contributed by atoms with Crippen LogP contribution in [0.1, 0.15) is 30.6 Å². The van der Waals surface area contributed by atoms with E-state index in [-0.39, 0.29) is 0 Å². The average Bonchev–Trinajstić information content (AvgIpc) is 3.15. The highest BCUT2D eigenvalue weighted by molar-refractivity contribution is 5.56. The predicted octanol–water partition coefficient (Wildman–Crippen LogP) is 2.64. The third-order valence-corrected chi connectivity index (χ3v) is 4.01. The minimum Gasteiger partial charge on any atom is -0.460 e. The lowest BCUT2D eigenvalue weighted by Crippen LogP contribution is -2.36. The molecule has 0 bridgehead atoms. The Labute approximate surface area is 118 Å². The maximum Gasteiger partial charge on any atom is 0.152 e. The first-order valence-electron chi connectivity index (χ1n) is 7.13. The molecule has 0 saturated heterocycles. The van der Waals surface area contributed by atoms with Crippen LogP contribution in [0.3, 0.4) is 0 Å². The molecule has 1 aliphatic rings. The molecule has 2 atom stereocenters. The molecule has 5 heteroatoms. The van der Waals surface area contributed by atoms with E-state index in [1.807, 2.05) is 25.3 Å². The summed E-state index contributed by atoms with van der Waals surface area (Å²) in [6.07, 6.45) is 5.73. The quantitative estimate of drug-likeness (QED) is 0.880. The van der Waals surface area contributed by atoms with Crippen LogP contribution in [0.15, 0.2) is 22.7 Å². The summed E-state index contributed by atoms with van der Waals surface area (Å²) in [4.78, 5) is 0. The van der Waals surface area contributed by atoms with Crippen LogP contribution < -0.4 is 5.32 Å². The average molecular weight is 275 g/mol. The number of aromatic nitrogens is 2. The molecule has 0 aromatic carbocycles. The van der Waals surface area contributed by atoms with E-state index in [9.17, 15) is 0 Å². The molecule has 5 nitrogen and oxygen atoms in total. The number of hydrogen-bond acceptors (Lipinski definition) is 4. The molecule has 1 fully saturated rings. The molecule has 2 aromatic heterocycles. The van der Waals surface area contributed by atoms with E-state index in [1.54, 1.807) is 7.11 Å². The van der Waals surface area contributed by atoms with E-state index in [1.165, 1.54) is 12.8 Å². The smallest absolute Gasteiger partial charge is 0.152 e. The summed E-state index contributed by atoms with van der Waals surface area (Å²) in [6, 6.07) is 4.37. The summed E-state index contributed by atoms with van der Waals surface area (Å²) in [7, 11) is 1.79. The molecule has 2 aromatic rings. The van der Waals surface area contributed by atoms with E-state index in [4.69, 9.17) is 9.15 Å². The monoisotopic (exact) mass is 275 g/mol. The molecule has 2 heterocycles. The normalized spacial score (nSPS) is 22.5. The summed E-state index contributed by atoms with van der Waals surface area (Å²) < 4.78 is 11.2. The van der Waals surface area contributed by atoms with Gasteiger partial charge in [0.2, 0.25) is 0 Å². The molecule has 2 unspecified atom stereocenters. The van der Waals surface area contributed by atoms with Crippen LogP contribution in [0, 0.1) is 6.92 Å². The summed E-state index contributed by atoms with van der Waals surface area (Å²) in [5, 5.41) is 10.7. The Morgan fingerprint density at radius 2 is 2.35 bits per heavy atom. The Kier molecular flexibility index (Phi) is 3.89. The minimum absolute atomic E-state index is 0.330. The van der Waals surface area contributed by atoms with Gasteiger partial charge in [0, 0.05) is 25.3 Å². The standard InChI is InChI=1S/C15H21N3O2/c1-10-6-7-14(20-10)15-11(9-17-18-15)8-16-12-4-3-5-13(12)19-2/h6-7,9,12-13,16H,3-5,8H2,1-2H3,(H,17,18). The first kappa shape index (κ1) is 13.4. The zero-order valence-electron chi connectivity index (χ0n) is 12.0. The molecule has 0 radical (unpaired) electrons. The fourth-order valence-corrected chi connectivity index (χ4v) is 2.91. The molecule has 108 valence electrons. The van der Waals surface area contributed by atoms with Gasteiger partial charge in [0.25, 0.3) is 0 Å². The Hall–Kier alpha value is -1.59. The van der Waals surface area contributed by atoms with Crippen molar-refractivity contribution in [2.45, 2.75) is 44.9 Å². The lowest BCUT2D eigenvalue weighted by molar-refractivity contribution is 0.0847. The van der Waals surface area contributed by atoms with E-state index in [2.05, 4.69) is 15.5 Å². The van der Waals surface area contributed by atoms with Crippen molar-refractivity contribution in [3.8, 4) is 11.5 Å². The minimum atomic E-state index is 0.330. The number of nitrogens with zero attached hydrogens (tertiary/aromatic N) is 1. The predicted molar refractivity (Wildman–Crippen MR) is 76.3 cm³/mol. The maximum atomic E-state index is 5.66. The first-order chi connectivity index (χ1) is 9.78. The molecule has 0 aliphatic heterocycles. The highest BCUT2D eigenvalue weighted by Gasteiger charge is 2.26. The molecule has 2 N–H and O–H groups in total. The van der Waals surface area contributed by atoms with Crippen molar-refractivity contribution in [2.75, 3.05) is 7.11 Å². The second-order valence-corrected chi connectivity index (χ2v) is 5.37. The van der Waals surface area contributed by atoms with E-state index in [0.29, 0.717) is 12.1 Å². The van der Waals surface area contributed by atoms with Gasteiger partial charge in [0.15, 0.2) is 5.76 Å². The van der Waals surface area contributed by atoms with Crippen LogP contribution in [-0.4, -0.2) is 29.5 Å². The number of H-pyrrole nitrogens is 1. The zero-order chi connectivity index (χ0) is 13.9. The third-order valence-electron chi connectivity index (χ3n) is 4.01. The van der Waals surface area contributed by atoms with Gasteiger partial charge in [-0.1, -0.05) is 0 Å². The Morgan fingerprint density at radius 3 is 3.10 bits per heavy atom. The SMILES string of the molecule is COC1CCCC1NCc1cn[nH]c1-c1ccc(C)o1. The lowest BCUT2D eigenvalue weighted by atomic mass is 10.1. The topological polar surface area (TPSA) is 63.1 Å². The number of nitrogens with one attached hydrogen (secondary N) is 2. The molecular weight excluding hydrogens is 254 g/mol. The molecule has 1 aliphatic carbocycles. The van der Waals surface area contributed by atoms with Crippen LogP contribution in [0.5, 0.6) is 0 Å². The van der Waals surface area contributed by atoms with Gasteiger partial charge in [0.05, 0.1) is 12.3 Å². The number of rotatable bonds is 5. The highest BCUT2D eigenvalue weighted by atomic mass is 16.5. The Bertz CT molecular complexity index is 561. The van der Waals surface area contributed by atoms with Crippen LogP contribution in [0.2, 0.25) is 0 Å². The van der Waals surface area contributed by atoms with Crippen molar-refractivity contribution in [3.63, 3.8) is 0 Å². The van der Waals surface area contributed by atoms with Crippen LogP contribution in [-0.2, 0) is 11.3 Å². The Morgan fingerprint density at radius 1 is 1.45 bits per heavy atom. The molecule has 3 rings (SSSR count). The zero-order valence-corrected chi connectivity index (χ0v) is 12.0. The number of methoxy groups -OCH3 is 1. The van der Waals surface area contributed by atoms with Crippen molar-refractivity contribution in [3.05, 3.63) is 29.7 Å². The Balaban J connectivity index is 1.68. The van der Waals surface area contributed by atoms with Gasteiger partial charge < -0.3 is 14.5 Å². The number of hydrogen-bond donors (Lipinski definition) is 2. The summed E-state index contributed by atoms with van der Waals surface area (Å²) >= 11 is 0. The van der Waals surface area contributed by atoms with Gasteiger partial charge in [-0.05, 0) is 38.3 Å². The van der Waals surface area contributed by atoms with Crippen LogP contribution in [0.25, 0.3) is 11.5 Å². The van der Waals surface area contributed by atoms with E-state index >= 15 is 0 Å². The highest BCUT2D eigenvalue weighted by Crippen LogP contribution is 2.25. The number of furan rings is 1. The van der Waals surface area contributed by atoms with Crippen molar-refractivity contribution in [1.82, 2.24) is 15.5 Å².